The van der Waals surface area contributed by atoms with Crippen LogP contribution in [0.4, 0.5) is 0 Å². The van der Waals surface area contributed by atoms with E-state index >= 15 is 0 Å². The van der Waals surface area contributed by atoms with Crippen molar-refractivity contribution in [2.75, 3.05) is 13.2 Å². The Balaban J connectivity index is 1.41. The second-order valence-electron chi connectivity index (χ2n) is 17.4. The fourth-order valence-corrected chi connectivity index (χ4v) is 12.4. The summed E-state index contributed by atoms with van der Waals surface area (Å²) in [5.74, 6) is -3.67. The second-order valence-corrected chi connectivity index (χ2v) is 17.4. The zero-order chi connectivity index (χ0) is 36.3. The highest BCUT2D eigenvalue weighted by molar-refractivity contribution is 5.79. The van der Waals surface area contributed by atoms with E-state index in [1.807, 2.05) is 13.8 Å². The molecule has 49 heavy (non-hydrogen) atoms. The Kier molecular flexibility index (Phi) is 9.03. The van der Waals surface area contributed by atoms with E-state index in [1.54, 1.807) is 6.92 Å². The number of aliphatic hydroxyl groups excluding tert-OH is 7. The van der Waals surface area contributed by atoms with Crippen molar-refractivity contribution in [3.8, 4) is 0 Å². The molecule has 0 amide bonds. The van der Waals surface area contributed by atoms with Crippen LogP contribution >= 0.6 is 0 Å². The van der Waals surface area contributed by atoms with Crippen LogP contribution in [0.5, 0.6) is 0 Å². The Hall–Kier alpha value is -1.68. The lowest BCUT2D eigenvalue weighted by atomic mass is 9.32. The van der Waals surface area contributed by atoms with E-state index in [4.69, 9.17) is 9.47 Å². The molecular weight excluding hydrogens is 640 g/mol. The molecule has 0 radical (unpaired) electrons. The molecule has 5 aliphatic carbocycles. The molecule has 0 aromatic carbocycles. The minimum absolute atomic E-state index is 0.153. The van der Waals surface area contributed by atoms with Crippen LogP contribution in [0.1, 0.15) is 86.0 Å². The molecule has 1 heterocycles. The van der Waals surface area contributed by atoms with Gasteiger partial charge in [-0.1, -0.05) is 39.3 Å². The van der Waals surface area contributed by atoms with Gasteiger partial charge in [0, 0.05) is 5.92 Å². The average Bonchev–Trinajstić information content (AvgIpc) is 3.04. The van der Waals surface area contributed by atoms with Crippen LogP contribution in [-0.4, -0.2) is 120 Å². The van der Waals surface area contributed by atoms with Crippen molar-refractivity contribution in [3.63, 3.8) is 0 Å². The molecule has 278 valence electrons. The summed E-state index contributed by atoms with van der Waals surface area (Å²) in [6.45, 7) is 8.54. The molecule has 0 aromatic heterocycles. The van der Waals surface area contributed by atoms with Gasteiger partial charge in [0.25, 0.3) is 0 Å². The van der Waals surface area contributed by atoms with Gasteiger partial charge in [-0.15, -0.1) is 0 Å². The highest BCUT2D eigenvalue weighted by atomic mass is 16.7. The Morgan fingerprint density at radius 2 is 1.59 bits per heavy atom. The number of carbonyl (C=O) groups is 2. The number of fused-ring (bicyclic) bond motifs is 7. The molecule has 0 spiro atoms. The summed E-state index contributed by atoms with van der Waals surface area (Å²) in [4.78, 5) is 27.3. The van der Waals surface area contributed by atoms with Gasteiger partial charge in [0.05, 0.1) is 36.4 Å². The van der Waals surface area contributed by atoms with Crippen LogP contribution in [0.2, 0.25) is 0 Å². The highest BCUT2D eigenvalue weighted by Crippen LogP contribution is 2.76. The van der Waals surface area contributed by atoms with Crippen LogP contribution in [0.25, 0.3) is 0 Å². The summed E-state index contributed by atoms with van der Waals surface area (Å²) in [6.07, 6.45) is -5.53. The molecule has 0 aromatic rings. The lowest BCUT2D eigenvalue weighted by Crippen LogP contribution is -2.71. The predicted octanol–water partition coefficient (Wildman–Crippen LogP) is 0.471. The van der Waals surface area contributed by atoms with Crippen LogP contribution in [0.3, 0.4) is 0 Å². The summed E-state index contributed by atoms with van der Waals surface area (Å²) in [7, 11) is 0. The van der Waals surface area contributed by atoms with Crippen molar-refractivity contribution < 1.29 is 65.0 Å². The van der Waals surface area contributed by atoms with E-state index in [-0.39, 0.29) is 18.3 Å². The van der Waals surface area contributed by atoms with Gasteiger partial charge in [-0.25, -0.2) is 0 Å². The normalized spacial score (nSPS) is 55.5. The average molecular weight is 697 g/mol. The number of allylic oxidation sites excluding steroid dienone is 1. The smallest absolute Gasteiger partial charge is 0.315 e. The molecule has 1 saturated heterocycles. The number of aliphatic carboxylic acids is 1. The lowest BCUT2D eigenvalue weighted by Gasteiger charge is -2.72. The first kappa shape index (κ1) is 37.1. The molecule has 9 N–H and O–H groups in total. The number of carboxylic acid groups (broad SMARTS) is 1. The van der Waals surface area contributed by atoms with Gasteiger partial charge in [0.1, 0.15) is 29.8 Å². The standard InChI is InChI=1S/C36H56O13/c1-17-8-11-35(30(46)49-28-25(42)24(41)23(40)20(15-37)48-28)13-12-32(3)18(26(35)34(17,5)47)6-7-21-31(2)14-19(39)27(43)36(16-38,29(44)45)22(31)9-10-33(21,32)4/h6,17,19-28,37-43,47H,7-16H2,1-5H3,(H,44,45)/t17-,19-,20+,21-,22+,23+,24-,25+,26-,27+,28-,31-,32-,33-,34-,35+,36+/m1/s1. The fraction of sp³-hybridized carbons (Fsp3) is 0.889. The Bertz CT molecular complexity index is 1370. The molecule has 13 heteroatoms. The zero-order valence-corrected chi connectivity index (χ0v) is 29.2. The first-order chi connectivity index (χ1) is 22.7. The van der Waals surface area contributed by atoms with Crippen molar-refractivity contribution in [2.24, 2.45) is 50.7 Å². The molecule has 5 fully saturated rings. The first-order valence-electron chi connectivity index (χ1n) is 17.9. The van der Waals surface area contributed by atoms with Crippen LogP contribution in [-0.2, 0) is 19.1 Å². The van der Waals surface area contributed by atoms with Gasteiger partial charge in [-0.05, 0) is 92.3 Å². The Morgan fingerprint density at radius 3 is 2.20 bits per heavy atom. The molecule has 13 nitrogen and oxygen atoms in total. The summed E-state index contributed by atoms with van der Waals surface area (Å²) < 4.78 is 11.4. The Morgan fingerprint density at radius 1 is 0.918 bits per heavy atom. The number of esters is 1. The van der Waals surface area contributed by atoms with Crippen LogP contribution in [0.15, 0.2) is 11.6 Å². The summed E-state index contributed by atoms with van der Waals surface area (Å²) >= 11 is 0. The minimum atomic E-state index is -1.92. The van der Waals surface area contributed by atoms with E-state index in [0.717, 1.165) is 5.57 Å². The molecule has 17 atom stereocenters. The van der Waals surface area contributed by atoms with E-state index in [1.165, 1.54) is 0 Å². The largest absolute Gasteiger partial charge is 0.481 e. The van der Waals surface area contributed by atoms with Gasteiger partial charge >= 0.3 is 11.9 Å². The maximum absolute atomic E-state index is 14.5. The van der Waals surface area contributed by atoms with Crippen molar-refractivity contribution in [3.05, 3.63) is 11.6 Å². The lowest BCUT2D eigenvalue weighted by molar-refractivity contribution is -0.299. The molecule has 0 bridgehead atoms. The summed E-state index contributed by atoms with van der Waals surface area (Å²) in [6, 6.07) is 0. The van der Waals surface area contributed by atoms with Gasteiger partial charge in [-0.2, -0.15) is 0 Å². The third kappa shape index (κ3) is 4.69. The SMILES string of the molecule is C[C@@H]1CC[C@]2(C(=O)O[C@H]3O[C@@H](CO)[C@H](O)[C@@H](O)[C@@H]3O)CC[C@]3(C)C(=CC[C@@H]4[C@@]5(C)C[C@@H](O)[C@H](O)[C@@](CO)(C(=O)O)[C@H]5CC[C@]43C)[C@@H]2[C@]1(C)O. The fourth-order valence-electron chi connectivity index (χ4n) is 12.4. The monoisotopic (exact) mass is 696 g/mol. The second kappa shape index (κ2) is 11.9. The predicted molar refractivity (Wildman–Crippen MR) is 171 cm³/mol. The number of carboxylic acids is 1. The van der Waals surface area contributed by atoms with Gasteiger partial charge in [-0.3, -0.25) is 9.59 Å². The highest BCUT2D eigenvalue weighted by Gasteiger charge is 2.74. The van der Waals surface area contributed by atoms with Crippen LogP contribution < -0.4 is 0 Å². The molecule has 6 rings (SSSR count). The van der Waals surface area contributed by atoms with Gasteiger partial charge in [0.2, 0.25) is 6.29 Å². The van der Waals surface area contributed by atoms with Gasteiger partial charge < -0.3 is 55.4 Å². The molecule has 0 unspecified atom stereocenters. The van der Waals surface area contributed by atoms with E-state index in [9.17, 15) is 55.5 Å². The number of ether oxygens (including phenoxy) is 2. The quantitative estimate of drug-likeness (QED) is 0.141. The number of rotatable bonds is 5. The van der Waals surface area contributed by atoms with Crippen molar-refractivity contribution in [1.29, 1.82) is 0 Å². The van der Waals surface area contributed by atoms with Crippen LogP contribution in [0, 0.1) is 50.7 Å². The molecular formula is C36H56O13. The van der Waals surface area contributed by atoms with Crippen molar-refractivity contribution in [2.45, 2.75) is 135 Å². The topological polar surface area (TPSA) is 235 Å². The van der Waals surface area contributed by atoms with Crippen molar-refractivity contribution >= 4 is 11.9 Å². The summed E-state index contributed by atoms with van der Waals surface area (Å²) in [5, 5.41) is 96.6. The van der Waals surface area contributed by atoms with E-state index in [0.29, 0.717) is 44.9 Å². The number of hydrogen-bond acceptors (Lipinski definition) is 12. The number of hydrogen-bond donors (Lipinski definition) is 9. The van der Waals surface area contributed by atoms with Gasteiger partial charge in [0.15, 0.2) is 0 Å². The number of aliphatic hydroxyl groups is 8. The molecule has 4 saturated carbocycles. The Labute approximate surface area is 286 Å². The van der Waals surface area contributed by atoms with Crippen molar-refractivity contribution in [1.82, 2.24) is 0 Å². The first-order valence-corrected chi connectivity index (χ1v) is 17.9. The summed E-state index contributed by atoms with van der Waals surface area (Å²) in [5.41, 5.74) is -5.39. The van der Waals surface area contributed by atoms with E-state index < -0.39 is 113 Å². The maximum Gasteiger partial charge on any atom is 0.315 e. The molecule has 6 aliphatic rings. The number of carbonyl (C=O) groups excluding carboxylic acids is 1. The van der Waals surface area contributed by atoms with E-state index in [2.05, 4.69) is 19.9 Å². The maximum atomic E-state index is 14.5. The third-order valence-electron chi connectivity index (χ3n) is 15.6. The minimum Gasteiger partial charge on any atom is -0.481 e. The zero-order valence-electron chi connectivity index (χ0n) is 29.2. The molecule has 1 aliphatic heterocycles. The third-order valence-corrected chi connectivity index (χ3v) is 15.6.